The number of anilines is 1. The quantitative estimate of drug-likeness (QED) is 0.844. The number of aliphatic carboxylic acids is 1. The van der Waals surface area contributed by atoms with E-state index in [0.29, 0.717) is 6.42 Å². The van der Waals surface area contributed by atoms with E-state index in [1.807, 2.05) is 32.2 Å². The van der Waals surface area contributed by atoms with Crippen molar-refractivity contribution in [3.8, 4) is 5.75 Å². The Morgan fingerprint density at radius 2 is 2.17 bits per heavy atom. The van der Waals surface area contributed by atoms with E-state index in [1.54, 1.807) is 14.0 Å². The maximum Gasteiger partial charge on any atom is 0.306 e. The lowest BCUT2D eigenvalue weighted by molar-refractivity contribution is -0.141. The number of carboxylic acids is 1. The number of hydrogen-bond donors (Lipinski definition) is 1. The van der Waals surface area contributed by atoms with Crippen molar-refractivity contribution in [1.82, 2.24) is 0 Å². The van der Waals surface area contributed by atoms with Gasteiger partial charge in [0.25, 0.3) is 0 Å². The van der Waals surface area contributed by atoms with E-state index in [2.05, 4.69) is 4.90 Å². The van der Waals surface area contributed by atoms with Gasteiger partial charge in [0.2, 0.25) is 0 Å². The molecule has 0 spiro atoms. The van der Waals surface area contributed by atoms with E-state index in [1.165, 1.54) is 0 Å². The first-order valence-electron chi connectivity index (χ1n) is 6.04. The molecule has 0 radical (unpaired) electrons. The fourth-order valence-corrected chi connectivity index (χ4v) is 1.74. The molecule has 0 aromatic heterocycles. The fourth-order valence-electron chi connectivity index (χ4n) is 1.74. The van der Waals surface area contributed by atoms with Crippen LogP contribution in [0.15, 0.2) is 18.2 Å². The van der Waals surface area contributed by atoms with Gasteiger partial charge in [-0.15, -0.1) is 0 Å². The van der Waals surface area contributed by atoms with Crippen LogP contribution in [0.25, 0.3) is 0 Å². The number of aryl methyl sites for hydroxylation is 1. The molecule has 1 atom stereocenters. The van der Waals surface area contributed by atoms with Gasteiger partial charge in [0.05, 0.1) is 13.0 Å². The van der Waals surface area contributed by atoms with E-state index in [-0.39, 0.29) is 5.92 Å². The Hall–Kier alpha value is -1.71. The summed E-state index contributed by atoms with van der Waals surface area (Å²) in [6.07, 6.45) is 0.636. The van der Waals surface area contributed by atoms with Crippen LogP contribution in [0, 0.1) is 12.8 Å². The summed E-state index contributed by atoms with van der Waals surface area (Å²) in [5, 5.41) is 8.84. The van der Waals surface area contributed by atoms with Gasteiger partial charge in [-0.1, -0.05) is 6.92 Å². The zero-order valence-corrected chi connectivity index (χ0v) is 11.4. The molecular formula is C14H21NO3. The maximum atomic E-state index is 10.8. The van der Waals surface area contributed by atoms with Crippen molar-refractivity contribution >= 4 is 11.7 Å². The molecular weight excluding hydrogens is 230 g/mol. The Balaban J connectivity index is 2.64. The molecule has 1 rings (SSSR count). The molecule has 0 saturated carbocycles. The van der Waals surface area contributed by atoms with Gasteiger partial charge in [0.1, 0.15) is 5.75 Å². The van der Waals surface area contributed by atoms with E-state index < -0.39 is 5.97 Å². The van der Waals surface area contributed by atoms with Crippen molar-refractivity contribution in [3.05, 3.63) is 23.8 Å². The summed E-state index contributed by atoms with van der Waals surface area (Å²) in [6, 6.07) is 5.96. The fraction of sp³-hybridized carbons (Fsp3) is 0.500. The minimum atomic E-state index is -0.741. The number of hydrogen-bond acceptors (Lipinski definition) is 3. The number of carbonyl (C=O) groups is 1. The predicted molar refractivity (Wildman–Crippen MR) is 72.4 cm³/mol. The monoisotopic (exact) mass is 251 g/mol. The summed E-state index contributed by atoms with van der Waals surface area (Å²) in [7, 11) is 3.62. The van der Waals surface area contributed by atoms with Crippen LogP contribution in [-0.4, -0.2) is 31.8 Å². The highest BCUT2D eigenvalue weighted by Gasteiger charge is 2.12. The predicted octanol–water partition coefficient (Wildman–Crippen LogP) is 2.55. The molecule has 0 amide bonds. The molecule has 0 bridgehead atoms. The second kappa shape index (κ2) is 6.28. The summed E-state index contributed by atoms with van der Waals surface area (Å²) in [4.78, 5) is 12.8. The average molecular weight is 251 g/mol. The largest absolute Gasteiger partial charge is 0.496 e. The molecule has 0 heterocycles. The molecule has 18 heavy (non-hydrogen) atoms. The highest BCUT2D eigenvalue weighted by atomic mass is 16.5. The van der Waals surface area contributed by atoms with Crippen LogP contribution in [-0.2, 0) is 4.79 Å². The second-order valence-electron chi connectivity index (χ2n) is 4.60. The molecule has 1 unspecified atom stereocenters. The lowest BCUT2D eigenvalue weighted by atomic mass is 10.1. The molecule has 4 heteroatoms. The van der Waals surface area contributed by atoms with Crippen LogP contribution in [0.5, 0.6) is 5.75 Å². The Kier molecular flexibility index (Phi) is 5.01. The summed E-state index contributed by atoms with van der Waals surface area (Å²) < 4.78 is 5.21. The van der Waals surface area contributed by atoms with Gasteiger partial charge in [-0.05, 0) is 37.1 Å². The van der Waals surface area contributed by atoms with Gasteiger partial charge in [-0.25, -0.2) is 0 Å². The second-order valence-corrected chi connectivity index (χ2v) is 4.60. The van der Waals surface area contributed by atoms with Gasteiger partial charge in [0.15, 0.2) is 0 Å². The van der Waals surface area contributed by atoms with Crippen LogP contribution >= 0.6 is 0 Å². The van der Waals surface area contributed by atoms with E-state index >= 15 is 0 Å². The highest BCUT2D eigenvalue weighted by molar-refractivity contribution is 5.69. The molecule has 0 aliphatic carbocycles. The molecule has 100 valence electrons. The van der Waals surface area contributed by atoms with Crippen molar-refractivity contribution < 1.29 is 14.6 Å². The van der Waals surface area contributed by atoms with Crippen molar-refractivity contribution in [1.29, 1.82) is 0 Å². The Morgan fingerprint density at radius 3 is 2.67 bits per heavy atom. The molecule has 1 aromatic carbocycles. The Labute approximate surface area is 108 Å². The number of ether oxygens (including phenoxy) is 1. The summed E-state index contributed by atoms with van der Waals surface area (Å²) in [5.41, 5.74) is 2.15. The van der Waals surface area contributed by atoms with Gasteiger partial charge in [-0.3, -0.25) is 4.79 Å². The van der Waals surface area contributed by atoms with Gasteiger partial charge in [-0.2, -0.15) is 0 Å². The molecule has 0 fully saturated rings. The zero-order valence-electron chi connectivity index (χ0n) is 11.4. The molecule has 0 aliphatic heterocycles. The topological polar surface area (TPSA) is 49.8 Å². The molecule has 4 nitrogen and oxygen atoms in total. The van der Waals surface area contributed by atoms with Crippen molar-refractivity contribution in [2.75, 3.05) is 25.6 Å². The first-order chi connectivity index (χ1) is 8.45. The number of nitrogens with zero attached hydrogens (tertiary/aromatic N) is 1. The molecule has 0 aliphatic rings. The third-order valence-corrected chi connectivity index (χ3v) is 3.14. The van der Waals surface area contributed by atoms with Crippen LogP contribution in [0.1, 0.15) is 18.9 Å². The Morgan fingerprint density at radius 1 is 1.50 bits per heavy atom. The zero-order chi connectivity index (χ0) is 13.7. The standard InChI is InChI=1S/C14H21NO3/c1-10(14(16)17)7-8-15(3)12-5-6-13(18-4)11(2)9-12/h5-6,9-10H,7-8H2,1-4H3,(H,16,17). The smallest absolute Gasteiger partial charge is 0.306 e. The summed E-state index contributed by atoms with van der Waals surface area (Å²) >= 11 is 0. The normalized spacial score (nSPS) is 12.0. The van der Waals surface area contributed by atoms with Crippen LogP contribution in [0.2, 0.25) is 0 Å². The first kappa shape index (κ1) is 14.4. The number of carboxylic acid groups (broad SMARTS) is 1. The van der Waals surface area contributed by atoms with E-state index in [4.69, 9.17) is 9.84 Å². The van der Waals surface area contributed by atoms with Crippen LogP contribution < -0.4 is 9.64 Å². The molecule has 0 saturated heterocycles. The first-order valence-corrected chi connectivity index (χ1v) is 6.04. The average Bonchev–Trinajstić information content (AvgIpc) is 2.35. The van der Waals surface area contributed by atoms with Gasteiger partial charge >= 0.3 is 5.97 Å². The third-order valence-electron chi connectivity index (χ3n) is 3.14. The van der Waals surface area contributed by atoms with Crippen LogP contribution in [0.3, 0.4) is 0 Å². The van der Waals surface area contributed by atoms with Gasteiger partial charge in [0, 0.05) is 19.3 Å². The number of methoxy groups -OCH3 is 1. The van der Waals surface area contributed by atoms with E-state index in [9.17, 15) is 4.79 Å². The minimum Gasteiger partial charge on any atom is -0.496 e. The van der Waals surface area contributed by atoms with Crippen molar-refractivity contribution in [2.45, 2.75) is 20.3 Å². The molecule has 1 aromatic rings. The maximum absolute atomic E-state index is 10.8. The minimum absolute atomic E-state index is 0.313. The lowest BCUT2D eigenvalue weighted by Gasteiger charge is -2.21. The third kappa shape index (κ3) is 3.65. The summed E-state index contributed by atoms with van der Waals surface area (Å²) in [6.45, 7) is 4.45. The van der Waals surface area contributed by atoms with Crippen molar-refractivity contribution in [3.63, 3.8) is 0 Å². The van der Waals surface area contributed by atoms with E-state index in [0.717, 1.165) is 23.5 Å². The lowest BCUT2D eigenvalue weighted by Crippen LogP contribution is -2.23. The molecule has 1 N–H and O–H groups in total. The Bertz CT molecular complexity index is 418. The van der Waals surface area contributed by atoms with Crippen molar-refractivity contribution in [2.24, 2.45) is 5.92 Å². The number of rotatable bonds is 6. The van der Waals surface area contributed by atoms with Gasteiger partial charge < -0.3 is 14.7 Å². The highest BCUT2D eigenvalue weighted by Crippen LogP contribution is 2.23. The number of benzene rings is 1. The van der Waals surface area contributed by atoms with Crippen LogP contribution in [0.4, 0.5) is 5.69 Å². The summed E-state index contributed by atoms with van der Waals surface area (Å²) in [5.74, 6) is -0.188. The SMILES string of the molecule is COc1ccc(N(C)CCC(C)C(=O)O)cc1C.